The monoisotopic (exact) mass is 208 g/mol. The highest BCUT2D eigenvalue weighted by atomic mass is 32.1. The molecule has 0 aliphatic rings. The third-order valence-corrected chi connectivity index (χ3v) is 2.44. The van der Waals surface area contributed by atoms with Crippen LogP contribution in [0.25, 0.3) is 5.82 Å². The summed E-state index contributed by atoms with van der Waals surface area (Å²) in [5.74, 6) is 0.871. The predicted molar refractivity (Wildman–Crippen MR) is 57.1 cm³/mol. The highest BCUT2D eigenvalue weighted by Crippen LogP contribution is 2.09. The Morgan fingerprint density at radius 3 is 2.86 bits per heavy atom. The number of H-pyrrole nitrogens is 1. The maximum atomic E-state index is 5.16. The Hall–Kier alpha value is -1.36. The van der Waals surface area contributed by atoms with Crippen molar-refractivity contribution >= 4 is 12.2 Å². The molecule has 0 unspecified atom stereocenters. The molecule has 0 spiro atoms. The lowest BCUT2D eigenvalue weighted by molar-refractivity contribution is 0.651. The van der Waals surface area contributed by atoms with Crippen LogP contribution in [0.4, 0.5) is 0 Å². The molecule has 2 rings (SSSR count). The number of nitrogens with one attached hydrogen (secondary N) is 1. The van der Waals surface area contributed by atoms with Gasteiger partial charge >= 0.3 is 0 Å². The van der Waals surface area contributed by atoms with E-state index in [9.17, 15) is 0 Å². The van der Waals surface area contributed by atoms with E-state index in [4.69, 9.17) is 12.2 Å². The minimum Gasteiger partial charge on any atom is -0.337 e. The molecule has 0 aromatic carbocycles. The van der Waals surface area contributed by atoms with Crippen LogP contribution in [-0.4, -0.2) is 19.3 Å². The molecule has 74 valence electrons. The molecule has 2 aromatic heterocycles. The average molecular weight is 208 g/mol. The number of imidazole rings is 1. The van der Waals surface area contributed by atoms with E-state index in [0.717, 1.165) is 18.1 Å². The van der Waals surface area contributed by atoms with Gasteiger partial charge in [-0.05, 0) is 26.1 Å². The van der Waals surface area contributed by atoms with Crippen molar-refractivity contribution in [3.05, 3.63) is 28.9 Å². The fraction of sp³-hybridized carbons (Fsp3) is 0.333. The van der Waals surface area contributed by atoms with E-state index < -0.39 is 0 Å². The zero-order valence-corrected chi connectivity index (χ0v) is 9.01. The molecule has 14 heavy (non-hydrogen) atoms. The van der Waals surface area contributed by atoms with Gasteiger partial charge in [0.15, 0.2) is 10.6 Å². The summed E-state index contributed by atoms with van der Waals surface area (Å²) >= 11 is 5.16. The van der Waals surface area contributed by atoms with Crippen LogP contribution in [0.15, 0.2) is 18.5 Å². The summed E-state index contributed by atoms with van der Waals surface area (Å²) in [7, 11) is 0. The van der Waals surface area contributed by atoms with Gasteiger partial charge in [-0.2, -0.15) is 5.10 Å². The fourth-order valence-corrected chi connectivity index (χ4v) is 1.68. The summed E-state index contributed by atoms with van der Waals surface area (Å²) in [6, 6.07) is 1.96. The SMILES string of the molecule is CCn1ccc(-n2c(C)c[nH]c2=S)n1. The Balaban J connectivity index is 2.54. The van der Waals surface area contributed by atoms with E-state index in [1.165, 1.54) is 0 Å². The second-order valence-electron chi connectivity index (χ2n) is 3.10. The molecule has 0 bridgehead atoms. The van der Waals surface area contributed by atoms with Crippen molar-refractivity contribution in [2.24, 2.45) is 0 Å². The molecule has 1 N–H and O–H groups in total. The predicted octanol–water partition coefficient (Wildman–Crippen LogP) is 2.06. The van der Waals surface area contributed by atoms with Crippen molar-refractivity contribution in [3.63, 3.8) is 0 Å². The van der Waals surface area contributed by atoms with Crippen LogP contribution >= 0.6 is 12.2 Å². The maximum absolute atomic E-state index is 5.16. The topological polar surface area (TPSA) is 38.5 Å². The molecular weight excluding hydrogens is 196 g/mol. The van der Waals surface area contributed by atoms with Crippen LogP contribution in [0, 0.1) is 11.7 Å². The van der Waals surface area contributed by atoms with Crippen molar-refractivity contribution in [1.82, 2.24) is 19.3 Å². The van der Waals surface area contributed by atoms with Crippen LogP contribution in [0.3, 0.4) is 0 Å². The molecule has 0 saturated heterocycles. The smallest absolute Gasteiger partial charge is 0.183 e. The minimum atomic E-state index is 0.684. The third-order valence-electron chi connectivity index (χ3n) is 2.14. The first-order chi connectivity index (χ1) is 6.72. The van der Waals surface area contributed by atoms with Gasteiger partial charge in [-0.15, -0.1) is 0 Å². The van der Waals surface area contributed by atoms with Crippen molar-refractivity contribution in [2.45, 2.75) is 20.4 Å². The molecule has 0 saturated carbocycles. The number of rotatable bonds is 2. The lowest BCUT2D eigenvalue weighted by Crippen LogP contribution is -2.00. The molecule has 0 atom stereocenters. The van der Waals surface area contributed by atoms with Gasteiger partial charge in [0.25, 0.3) is 0 Å². The first-order valence-electron chi connectivity index (χ1n) is 4.53. The molecule has 5 heteroatoms. The van der Waals surface area contributed by atoms with Crippen molar-refractivity contribution < 1.29 is 0 Å². The van der Waals surface area contributed by atoms with Gasteiger partial charge in [0.05, 0.1) is 0 Å². The van der Waals surface area contributed by atoms with Crippen molar-refractivity contribution in [3.8, 4) is 5.82 Å². The molecule has 2 aromatic rings. The molecule has 0 aliphatic heterocycles. The molecule has 0 amide bonds. The number of aryl methyl sites for hydroxylation is 2. The molecular formula is C9H12N4S. The standard InChI is InChI=1S/C9H12N4S/c1-3-12-5-4-8(11-12)13-7(2)6-10-9(13)14/h4-6H,3H2,1-2H3,(H,10,14). The zero-order valence-electron chi connectivity index (χ0n) is 8.19. The van der Waals surface area contributed by atoms with Gasteiger partial charge in [0, 0.05) is 30.7 Å². The van der Waals surface area contributed by atoms with Gasteiger partial charge in [-0.1, -0.05) is 0 Å². The average Bonchev–Trinajstić information content (AvgIpc) is 2.73. The summed E-state index contributed by atoms with van der Waals surface area (Å²) in [5, 5.41) is 4.39. The summed E-state index contributed by atoms with van der Waals surface area (Å²) in [4.78, 5) is 2.99. The van der Waals surface area contributed by atoms with Crippen LogP contribution in [0.1, 0.15) is 12.6 Å². The Bertz CT molecular complexity index is 491. The van der Waals surface area contributed by atoms with Crippen LogP contribution in [-0.2, 0) is 6.54 Å². The van der Waals surface area contributed by atoms with Gasteiger partial charge in [0.2, 0.25) is 0 Å². The second-order valence-corrected chi connectivity index (χ2v) is 3.49. The molecule has 0 fully saturated rings. The van der Waals surface area contributed by atoms with E-state index in [-0.39, 0.29) is 0 Å². The lowest BCUT2D eigenvalue weighted by Gasteiger charge is -1.99. The normalized spacial score (nSPS) is 10.7. The van der Waals surface area contributed by atoms with Gasteiger partial charge in [0.1, 0.15) is 0 Å². The van der Waals surface area contributed by atoms with Gasteiger partial charge in [-0.25, -0.2) is 0 Å². The number of aromatic amines is 1. The first kappa shape index (κ1) is 9.21. The highest BCUT2D eigenvalue weighted by molar-refractivity contribution is 7.71. The van der Waals surface area contributed by atoms with E-state index in [0.29, 0.717) is 4.77 Å². The van der Waals surface area contributed by atoms with Crippen LogP contribution in [0.5, 0.6) is 0 Å². The summed E-state index contributed by atoms with van der Waals surface area (Å²) in [6.45, 7) is 4.92. The van der Waals surface area contributed by atoms with Crippen LogP contribution < -0.4 is 0 Å². The molecule has 0 aliphatic carbocycles. The quantitative estimate of drug-likeness (QED) is 0.767. The van der Waals surface area contributed by atoms with Crippen LogP contribution in [0.2, 0.25) is 0 Å². The minimum absolute atomic E-state index is 0.684. The van der Waals surface area contributed by atoms with Gasteiger partial charge < -0.3 is 4.98 Å². The maximum Gasteiger partial charge on any atom is 0.183 e. The van der Waals surface area contributed by atoms with Crippen molar-refractivity contribution in [1.29, 1.82) is 0 Å². The van der Waals surface area contributed by atoms with E-state index in [1.807, 2.05) is 34.6 Å². The molecule has 0 radical (unpaired) electrons. The van der Waals surface area contributed by atoms with Crippen molar-refractivity contribution in [2.75, 3.05) is 0 Å². The first-order valence-corrected chi connectivity index (χ1v) is 4.94. The van der Waals surface area contributed by atoms with E-state index in [1.54, 1.807) is 0 Å². The Labute approximate surface area is 87.2 Å². The Kier molecular flexibility index (Phi) is 2.25. The highest BCUT2D eigenvalue weighted by Gasteiger charge is 2.04. The lowest BCUT2D eigenvalue weighted by atomic mass is 10.5. The second kappa shape index (κ2) is 3.42. The van der Waals surface area contributed by atoms with E-state index >= 15 is 0 Å². The number of aromatic nitrogens is 4. The van der Waals surface area contributed by atoms with Gasteiger partial charge in [-0.3, -0.25) is 9.25 Å². The Morgan fingerprint density at radius 1 is 1.57 bits per heavy atom. The summed E-state index contributed by atoms with van der Waals surface area (Å²) in [6.07, 6.45) is 3.83. The number of nitrogens with zero attached hydrogens (tertiary/aromatic N) is 3. The molecule has 2 heterocycles. The molecule has 4 nitrogen and oxygen atoms in total. The zero-order chi connectivity index (χ0) is 10.1. The summed E-state index contributed by atoms with van der Waals surface area (Å²) in [5.41, 5.74) is 1.07. The fourth-order valence-electron chi connectivity index (χ4n) is 1.39. The number of hydrogen-bond acceptors (Lipinski definition) is 2. The van der Waals surface area contributed by atoms with E-state index in [2.05, 4.69) is 17.0 Å². The number of hydrogen-bond donors (Lipinski definition) is 1. The summed E-state index contributed by atoms with van der Waals surface area (Å²) < 4.78 is 4.48. The largest absolute Gasteiger partial charge is 0.337 e. The Morgan fingerprint density at radius 2 is 2.36 bits per heavy atom. The third kappa shape index (κ3) is 1.39.